The number of para-hydroxylation sites is 1. The third kappa shape index (κ3) is 4.71. The van der Waals surface area contributed by atoms with Crippen LogP contribution in [0, 0.1) is 0 Å². The van der Waals surface area contributed by atoms with Crippen LogP contribution >= 0.6 is 0 Å². The van der Waals surface area contributed by atoms with Crippen molar-refractivity contribution < 1.29 is 17.9 Å². The lowest BCUT2D eigenvalue weighted by atomic mass is 10.3. The third-order valence-corrected chi connectivity index (χ3v) is 4.60. The van der Waals surface area contributed by atoms with Gasteiger partial charge in [0.05, 0.1) is 18.7 Å². The fraction of sp³-hybridized carbons (Fsp3) is 0.500. The Bertz CT molecular complexity index is 597. The number of hydrogen-bond donors (Lipinski definition) is 2. The van der Waals surface area contributed by atoms with E-state index in [0.29, 0.717) is 18.8 Å². The number of carbonyl (C=O) groups is 1. The lowest BCUT2D eigenvalue weighted by Crippen LogP contribution is -2.26. The summed E-state index contributed by atoms with van der Waals surface area (Å²) < 4.78 is 32.0. The van der Waals surface area contributed by atoms with E-state index in [9.17, 15) is 13.2 Å². The van der Waals surface area contributed by atoms with Crippen LogP contribution < -0.4 is 10.0 Å². The van der Waals surface area contributed by atoms with Crippen LogP contribution in [-0.2, 0) is 19.6 Å². The molecule has 0 amide bonds. The molecule has 0 spiro atoms. The van der Waals surface area contributed by atoms with Crippen LogP contribution in [0.25, 0.3) is 0 Å². The minimum absolute atomic E-state index is 0.0580. The van der Waals surface area contributed by atoms with Crippen molar-refractivity contribution in [1.82, 2.24) is 4.72 Å². The van der Waals surface area contributed by atoms with Crippen molar-refractivity contribution in [3.05, 3.63) is 24.3 Å². The average molecular weight is 312 g/mol. The number of anilines is 1. The monoisotopic (exact) mass is 312 g/mol. The molecule has 7 heteroatoms. The van der Waals surface area contributed by atoms with Crippen LogP contribution in [0.15, 0.2) is 29.2 Å². The van der Waals surface area contributed by atoms with E-state index in [1.165, 1.54) is 0 Å². The zero-order valence-corrected chi connectivity index (χ0v) is 12.8. The normalized spacial score (nSPS) is 14.7. The highest BCUT2D eigenvalue weighted by atomic mass is 32.2. The summed E-state index contributed by atoms with van der Waals surface area (Å²) in [6.07, 6.45) is 1.97. The van der Waals surface area contributed by atoms with Crippen LogP contribution in [0.5, 0.6) is 0 Å². The molecule has 0 saturated heterocycles. The number of nitrogens with one attached hydrogen (secondary N) is 2. The first-order valence-corrected chi connectivity index (χ1v) is 8.52. The summed E-state index contributed by atoms with van der Waals surface area (Å²) in [5.74, 6) is -0.304. The number of sulfonamides is 1. The number of carbonyl (C=O) groups excluding carboxylic acids is 1. The van der Waals surface area contributed by atoms with Gasteiger partial charge in [0.25, 0.3) is 0 Å². The molecule has 6 nitrogen and oxygen atoms in total. The number of benzene rings is 1. The molecule has 1 aromatic carbocycles. The van der Waals surface area contributed by atoms with Crippen LogP contribution in [0.2, 0.25) is 0 Å². The third-order valence-electron chi connectivity index (χ3n) is 3.03. The van der Waals surface area contributed by atoms with Crippen molar-refractivity contribution in [3.8, 4) is 0 Å². The van der Waals surface area contributed by atoms with Gasteiger partial charge in [0.2, 0.25) is 10.0 Å². The molecule has 0 heterocycles. The molecule has 116 valence electrons. The summed E-state index contributed by atoms with van der Waals surface area (Å²) in [6.45, 7) is 2.42. The quantitative estimate of drug-likeness (QED) is 0.711. The predicted octanol–water partition coefficient (Wildman–Crippen LogP) is 1.49. The van der Waals surface area contributed by atoms with Gasteiger partial charge in [-0.25, -0.2) is 13.1 Å². The molecule has 1 fully saturated rings. The van der Waals surface area contributed by atoms with E-state index in [-0.39, 0.29) is 23.3 Å². The van der Waals surface area contributed by atoms with Gasteiger partial charge in [-0.3, -0.25) is 4.79 Å². The highest BCUT2D eigenvalue weighted by molar-refractivity contribution is 7.89. The van der Waals surface area contributed by atoms with Crippen LogP contribution in [-0.4, -0.2) is 33.6 Å². The molecule has 0 atom stereocenters. The van der Waals surface area contributed by atoms with Crippen molar-refractivity contribution >= 4 is 21.7 Å². The molecule has 21 heavy (non-hydrogen) atoms. The number of ether oxygens (including phenoxy) is 1. The summed E-state index contributed by atoms with van der Waals surface area (Å²) in [4.78, 5) is 11.5. The second-order valence-corrected chi connectivity index (χ2v) is 6.56. The van der Waals surface area contributed by atoms with Gasteiger partial charge in [-0.05, 0) is 31.9 Å². The molecule has 2 N–H and O–H groups in total. The first kappa shape index (κ1) is 15.8. The van der Waals surface area contributed by atoms with Gasteiger partial charge < -0.3 is 10.1 Å². The predicted molar refractivity (Wildman–Crippen MR) is 79.5 cm³/mol. The van der Waals surface area contributed by atoms with Crippen LogP contribution in [0.4, 0.5) is 5.69 Å². The number of rotatable bonds is 8. The minimum atomic E-state index is -3.52. The summed E-state index contributed by atoms with van der Waals surface area (Å²) in [5.41, 5.74) is 0.495. The maximum absolute atomic E-state index is 12.3. The first-order valence-electron chi connectivity index (χ1n) is 7.04. The highest BCUT2D eigenvalue weighted by Gasteiger charge is 2.29. The fourth-order valence-corrected chi connectivity index (χ4v) is 3.35. The van der Waals surface area contributed by atoms with Gasteiger partial charge >= 0.3 is 5.97 Å². The lowest BCUT2D eigenvalue weighted by Gasteiger charge is -2.12. The SMILES string of the molecule is CCOC(=O)CCNc1ccccc1S(=O)(=O)NC1CC1. The van der Waals surface area contributed by atoms with E-state index in [1.54, 1.807) is 31.2 Å². The van der Waals surface area contributed by atoms with Gasteiger partial charge in [0.1, 0.15) is 4.90 Å². The Labute approximate surface area is 124 Å². The Morgan fingerprint density at radius 1 is 1.33 bits per heavy atom. The summed E-state index contributed by atoms with van der Waals surface area (Å²) >= 11 is 0. The Kier molecular flexibility index (Phi) is 5.19. The molecule has 2 rings (SSSR count). The molecule has 0 aromatic heterocycles. The van der Waals surface area contributed by atoms with E-state index < -0.39 is 10.0 Å². The second kappa shape index (κ2) is 6.91. The first-order chi connectivity index (χ1) is 10.0. The van der Waals surface area contributed by atoms with Crippen molar-refractivity contribution in [2.45, 2.75) is 37.1 Å². The molecular formula is C14H20N2O4S. The number of hydrogen-bond acceptors (Lipinski definition) is 5. The highest BCUT2D eigenvalue weighted by Crippen LogP contribution is 2.25. The van der Waals surface area contributed by atoms with E-state index in [2.05, 4.69) is 10.0 Å². The topological polar surface area (TPSA) is 84.5 Å². The van der Waals surface area contributed by atoms with Gasteiger partial charge in [-0.2, -0.15) is 0 Å². The van der Waals surface area contributed by atoms with Crippen LogP contribution in [0.1, 0.15) is 26.2 Å². The van der Waals surface area contributed by atoms with Crippen molar-refractivity contribution in [3.63, 3.8) is 0 Å². The summed E-state index contributed by atoms with van der Waals surface area (Å²) in [5, 5.41) is 2.98. The number of esters is 1. The van der Waals surface area contributed by atoms with Crippen molar-refractivity contribution in [1.29, 1.82) is 0 Å². The largest absolute Gasteiger partial charge is 0.466 e. The Morgan fingerprint density at radius 2 is 2.05 bits per heavy atom. The van der Waals surface area contributed by atoms with E-state index in [4.69, 9.17) is 4.74 Å². The van der Waals surface area contributed by atoms with E-state index in [1.807, 2.05) is 0 Å². The smallest absolute Gasteiger partial charge is 0.307 e. The van der Waals surface area contributed by atoms with Gasteiger partial charge in [-0.1, -0.05) is 12.1 Å². The van der Waals surface area contributed by atoms with Crippen LogP contribution in [0.3, 0.4) is 0 Å². The Hall–Kier alpha value is -1.60. The molecular weight excluding hydrogens is 292 g/mol. The fourth-order valence-electron chi connectivity index (χ4n) is 1.86. The van der Waals surface area contributed by atoms with E-state index >= 15 is 0 Å². The minimum Gasteiger partial charge on any atom is -0.466 e. The maximum atomic E-state index is 12.3. The van der Waals surface area contributed by atoms with E-state index in [0.717, 1.165) is 12.8 Å². The summed E-state index contributed by atoms with van der Waals surface area (Å²) in [7, 11) is -3.52. The molecule has 1 saturated carbocycles. The molecule has 0 aliphatic heterocycles. The molecule has 1 aliphatic carbocycles. The van der Waals surface area contributed by atoms with Crippen molar-refractivity contribution in [2.75, 3.05) is 18.5 Å². The zero-order chi connectivity index (χ0) is 15.3. The second-order valence-electron chi connectivity index (χ2n) is 4.87. The average Bonchev–Trinajstić information content (AvgIpc) is 3.23. The molecule has 0 bridgehead atoms. The standard InChI is InChI=1S/C14H20N2O4S/c1-2-20-14(17)9-10-15-12-5-3-4-6-13(12)21(18,19)16-11-7-8-11/h3-6,11,15-16H,2,7-10H2,1H3. The molecule has 0 radical (unpaired) electrons. The van der Waals surface area contributed by atoms with Crippen molar-refractivity contribution in [2.24, 2.45) is 0 Å². The lowest BCUT2D eigenvalue weighted by molar-refractivity contribution is -0.142. The zero-order valence-electron chi connectivity index (χ0n) is 12.0. The van der Waals surface area contributed by atoms with Gasteiger partial charge in [0.15, 0.2) is 0 Å². The maximum Gasteiger partial charge on any atom is 0.307 e. The molecule has 1 aromatic rings. The Balaban J connectivity index is 2.01. The van der Waals surface area contributed by atoms with Gasteiger partial charge in [0, 0.05) is 12.6 Å². The van der Waals surface area contributed by atoms with Gasteiger partial charge in [-0.15, -0.1) is 0 Å². The molecule has 1 aliphatic rings. The summed E-state index contributed by atoms with van der Waals surface area (Å²) in [6, 6.07) is 6.73. The Morgan fingerprint density at radius 3 is 2.71 bits per heavy atom. The molecule has 0 unspecified atom stereocenters.